The normalized spacial score (nSPS) is 13.7. The zero-order chi connectivity index (χ0) is 23.3. The number of nitrogens with one attached hydrogen (secondary N) is 2. The second-order valence-electron chi connectivity index (χ2n) is 8.35. The Morgan fingerprint density at radius 1 is 1.00 bits per heavy atom. The minimum atomic E-state index is -0.00152. The van der Waals surface area contributed by atoms with Crippen LogP contribution in [0, 0.1) is 18.8 Å². The molecule has 3 aromatic carbocycles. The van der Waals surface area contributed by atoms with Crippen molar-refractivity contribution in [3.05, 3.63) is 88.8 Å². The van der Waals surface area contributed by atoms with Crippen LogP contribution >= 0.6 is 11.3 Å². The Hall–Kier alpha value is -3.82. The van der Waals surface area contributed by atoms with Gasteiger partial charge in [-0.05, 0) is 65.7 Å². The average molecular weight is 467 g/mol. The fourth-order valence-corrected chi connectivity index (χ4v) is 5.17. The van der Waals surface area contributed by atoms with Gasteiger partial charge in [0.1, 0.15) is 18.5 Å². The molecule has 0 saturated heterocycles. The molecule has 0 radical (unpaired) electrons. The number of thiophene rings is 1. The van der Waals surface area contributed by atoms with Crippen LogP contribution in [-0.4, -0.2) is 6.17 Å². The summed E-state index contributed by atoms with van der Waals surface area (Å²) >= 11 is 1.79. The lowest BCUT2D eigenvalue weighted by Gasteiger charge is -2.16. The summed E-state index contributed by atoms with van der Waals surface area (Å²) in [5.41, 5.74) is 12.1. The smallest absolute Gasteiger partial charge is 0.133 e. The molecule has 1 aromatic heterocycles. The molecule has 5 nitrogen and oxygen atoms in total. The van der Waals surface area contributed by atoms with E-state index in [9.17, 15) is 0 Å². The number of ether oxygens (including phenoxy) is 1. The number of hydrogen-bond donors (Lipinski definition) is 2. The van der Waals surface area contributed by atoms with E-state index >= 15 is 0 Å². The summed E-state index contributed by atoms with van der Waals surface area (Å²) in [5.74, 6) is 7.26. The molecule has 0 fully saturated rings. The van der Waals surface area contributed by atoms with Gasteiger partial charge in [-0.15, -0.1) is 17.3 Å². The van der Waals surface area contributed by atoms with Crippen LogP contribution in [0.3, 0.4) is 0 Å². The highest BCUT2D eigenvalue weighted by Gasteiger charge is 2.18. The summed E-state index contributed by atoms with van der Waals surface area (Å²) in [4.78, 5) is 0. The molecule has 1 aliphatic rings. The largest absolute Gasteiger partial charge is 0.489 e. The molecule has 170 valence electrons. The Bertz CT molecular complexity index is 1370. The van der Waals surface area contributed by atoms with Crippen molar-refractivity contribution in [2.75, 3.05) is 0 Å². The van der Waals surface area contributed by atoms with E-state index in [0.29, 0.717) is 6.61 Å². The summed E-state index contributed by atoms with van der Waals surface area (Å²) in [6, 6.07) is 23.4. The monoisotopic (exact) mass is 466 g/mol. The van der Waals surface area contributed by atoms with Crippen LogP contribution in [0.15, 0.2) is 82.6 Å². The van der Waals surface area contributed by atoms with Gasteiger partial charge in [-0.3, -0.25) is 10.9 Å². The molecule has 0 saturated carbocycles. The maximum atomic E-state index is 6.13. The van der Waals surface area contributed by atoms with Crippen molar-refractivity contribution >= 4 is 21.4 Å². The molecule has 0 bridgehead atoms. The highest BCUT2D eigenvalue weighted by Crippen LogP contribution is 2.36. The van der Waals surface area contributed by atoms with Gasteiger partial charge in [-0.1, -0.05) is 58.8 Å². The van der Waals surface area contributed by atoms with Crippen LogP contribution in [0.4, 0.5) is 0 Å². The lowest BCUT2D eigenvalue weighted by Crippen LogP contribution is -2.32. The van der Waals surface area contributed by atoms with E-state index in [4.69, 9.17) is 4.74 Å². The first kappa shape index (κ1) is 22.0. The SMILES string of the molecule is CC#C[C@@H](CC1NN=NN1)c1ccc(OCc2ccc3scc(-c4ccccc4C)c3c2)cc1. The Morgan fingerprint density at radius 3 is 2.56 bits per heavy atom. The Labute approximate surface area is 203 Å². The molecule has 0 amide bonds. The molecule has 2 heterocycles. The van der Waals surface area contributed by atoms with Gasteiger partial charge in [0.2, 0.25) is 0 Å². The third-order valence-electron chi connectivity index (χ3n) is 6.03. The Balaban J connectivity index is 1.29. The second kappa shape index (κ2) is 9.98. The molecule has 1 atom stereocenters. The van der Waals surface area contributed by atoms with Crippen molar-refractivity contribution in [2.24, 2.45) is 10.4 Å². The van der Waals surface area contributed by atoms with Crippen molar-refractivity contribution in [2.45, 2.75) is 39.0 Å². The third-order valence-corrected chi connectivity index (χ3v) is 6.99. The van der Waals surface area contributed by atoms with Crippen LogP contribution in [0.25, 0.3) is 21.2 Å². The van der Waals surface area contributed by atoms with Crippen LogP contribution in [-0.2, 0) is 6.61 Å². The van der Waals surface area contributed by atoms with Gasteiger partial charge < -0.3 is 4.74 Å². The summed E-state index contributed by atoms with van der Waals surface area (Å²) in [6.45, 7) is 4.55. The van der Waals surface area contributed by atoms with E-state index in [1.807, 2.05) is 19.1 Å². The van der Waals surface area contributed by atoms with Gasteiger partial charge in [-0.25, -0.2) is 0 Å². The molecule has 0 aliphatic carbocycles. The highest BCUT2D eigenvalue weighted by molar-refractivity contribution is 7.17. The molecular formula is C28H26N4OS. The number of aryl methyl sites for hydroxylation is 1. The van der Waals surface area contributed by atoms with Gasteiger partial charge in [0.05, 0.1) is 0 Å². The van der Waals surface area contributed by atoms with E-state index in [1.165, 1.54) is 26.8 Å². The van der Waals surface area contributed by atoms with E-state index in [2.05, 4.69) is 100 Å². The summed E-state index contributed by atoms with van der Waals surface area (Å²) in [5, 5.41) is 11.1. The molecule has 6 heteroatoms. The highest BCUT2D eigenvalue weighted by atomic mass is 32.1. The van der Waals surface area contributed by atoms with Gasteiger partial charge in [0.25, 0.3) is 0 Å². The molecule has 4 aromatic rings. The summed E-state index contributed by atoms with van der Waals surface area (Å²) in [7, 11) is 0. The van der Waals surface area contributed by atoms with Gasteiger partial charge >= 0.3 is 0 Å². The van der Waals surface area contributed by atoms with Crippen LogP contribution < -0.4 is 15.6 Å². The maximum absolute atomic E-state index is 6.13. The fraction of sp³-hybridized carbons (Fsp3) is 0.214. The van der Waals surface area contributed by atoms with Crippen LogP contribution in [0.5, 0.6) is 5.75 Å². The first-order chi connectivity index (χ1) is 16.7. The van der Waals surface area contributed by atoms with Gasteiger partial charge in [-0.2, -0.15) is 0 Å². The predicted molar refractivity (Wildman–Crippen MR) is 138 cm³/mol. The summed E-state index contributed by atoms with van der Waals surface area (Å²) < 4.78 is 7.42. The molecule has 0 spiro atoms. The number of nitrogens with zero attached hydrogens (tertiary/aromatic N) is 2. The van der Waals surface area contributed by atoms with E-state index in [1.54, 1.807) is 11.3 Å². The van der Waals surface area contributed by atoms with E-state index in [-0.39, 0.29) is 12.1 Å². The van der Waals surface area contributed by atoms with Crippen molar-refractivity contribution in [3.8, 4) is 28.7 Å². The minimum Gasteiger partial charge on any atom is -0.489 e. The third kappa shape index (κ3) is 4.75. The van der Waals surface area contributed by atoms with Crippen molar-refractivity contribution in [1.29, 1.82) is 0 Å². The predicted octanol–water partition coefficient (Wildman–Crippen LogP) is 6.75. The first-order valence-corrected chi connectivity index (χ1v) is 12.2. The van der Waals surface area contributed by atoms with E-state index < -0.39 is 0 Å². The lowest BCUT2D eigenvalue weighted by molar-refractivity contribution is 0.306. The second-order valence-corrected chi connectivity index (χ2v) is 9.26. The topological polar surface area (TPSA) is 58.0 Å². The average Bonchev–Trinajstić information content (AvgIpc) is 3.53. The Kier molecular flexibility index (Phi) is 6.46. The molecule has 5 rings (SSSR count). The standard InChI is InChI=1S/C28H26N4OS/c1-3-6-22(16-28-29-31-32-30-28)21-10-12-23(13-11-21)33-17-20-9-14-27-25(15-20)26(18-34-27)24-8-5-4-7-19(24)2/h4-5,7-15,18,22,28H,16-17H2,1-2H3,(H,29,32)(H,30,31)/t22-/m0/s1. The Morgan fingerprint density at radius 2 is 1.79 bits per heavy atom. The van der Waals surface area contributed by atoms with Gasteiger partial charge in [0.15, 0.2) is 0 Å². The van der Waals surface area contributed by atoms with Crippen molar-refractivity contribution in [3.63, 3.8) is 0 Å². The van der Waals surface area contributed by atoms with Crippen LogP contribution in [0.1, 0.15) is 36.0 Å². The van der Waals surface area contributed by atoms with Crippen molar-refractivity contribution in [1.82, 2.24) is 10.9 Å². The fourth-order valence-electron chi connectivity index (χ4n) is 4.23. The summed E-state index contributed by atoms with van der Waals surface area (Å²) in [6.07, 6.45) is 0.774. The van der Waals surface area contributed by atoms with E-state index in [0.717, 1.165) is 23.3 Å². The van der Waals surface area contributed by atoms with Crippen LogP contribution in [0.2, 0.25) is 0 Å². The number of fused-ring (bicyclic) bond motifs is 1. The molecule has 2 N–H and O–H groups in total. The number of benzene rings is 3. The number of hydrogen-bond acceptors (Lipinski definition) is 6. The maximum Gasteiger partial charge on any atom is 0.133 e. The lowest BCUT2D eigenvalue weighted by atomic mass is 9.95. The zero-order valence-corrected chi connectivity index (χ0v) is 20.0. The quantitative estimate of drug-likeness (QED) is 0.296. The molecule has 34 heavy (non-hydrogen) atoms. The molecule has 1 aliphatic heterocycles. The first-order valence-electron chi connectivity index (χ1n) is 11.3. The number of rotatable bonds is 7. The molecule has 0 unspecified atom stereocenters. The molecular weight excluding hydrogens is 440 g/mol. The van der Waals surface area contributed by atoms with Crippen molar-refractivity contribution < 1.29 is 4.74 Å². The minimum absolute atomic E-state index is 0.00152. The van der Waals surface area contributed by atoms with Gasteiger partial charge in [0, 0.05) is 28.0 Å². The zero-order valence-electron chi connectivity index (χ0n) is 19.2.